The number of carbonyl (C=O) groups excluding carboxylic acids is 2. The lowest BCUT2D eigenvalue weighted by Crippen LogP contribution is -2.53. The topological polar surface area (TPSA) is 96.0 Å². The normalized spacial score (nSPS) is 12.1. The first-order valence-corrected chi connectivity index (χ1v) is 14.8. The molecule has 220 valence electrons. The van der Waals surface area contributed by atoms with Crippen LogP contribution in [-0.4, -0.2) is 50.4 Å². The van der Waals surface area contributed by atoms with Crippen molar-refractivity contribution in [1.29, 1.82) is 0 Å². The maximum Gasteiger partial charge on any atom is 0.264 e. The maximum absolute atomic E-state index is 13.9. The van der Waals surface area contributed by atoms with E-state index in [9.17, 15) is 26.8 Å². The molecule has 0 aromatic heterocycles. The number of halogens is 2. The minimum atomic E-state index is -4.32. The van der Waals surface area contributed by atoms with Gasteiger partial charge in [0.25, 0.3) is 10.0 Å². The number of rotatable bonds is 13. The van der Waals surface area contributed by atoms with Gasteiger partial charge in [-0.25, -0.2) is 17.2 Å². The number of hydrogen-bond acceptors (Lipinski definition) is 5. The van der Waals surface area contributed by atoms with Gasteiger partial charge in [-0.2, -0.15) is 0 Å². The van der Waals surface area contributed by atoms with Crippen LogP contribution in [0.25, 0.3) is 0 Å². The molecule has 0 aliphatic carbocycles. The van der Waals surface area contributed by atoms with E-state index in [1.807, 2.05) is 0 Å². The van der Waals surface area contributed by atoms with Crippen molar-refractivity contribution in [3.63, 3.8) is 0 Å². The molecule has 0 unspecified atom stereocenters. The second-order valence-electron chi connectivity index (χ2n) is 9.63. The van der Waals surface area contributed by atoms with E-state index in [2.05, 4.69) is 5.32 Å². The van der Waals surface area contributed by atoms with Crippen molar-refractivity contribution in [3.05, 3.63) is 90.0 Å². The van der Waals surface area contributed by atoms with Crippen molar-refractivity contribution >= 4 is 27.5 Å². The van der Waals surface area contributed by atoms with Crippen molar-refractivity contribution in [2.75, 3.05) is 17.5 Å². The predicted molar refractivity (Wildman–Crippen MR) is 153 cm³/mol. The summed E-state index contributed by atoms with van der Waals surface area (Å²) in [6.07, 6.45) is 0.244. The average molecular weight is 588 g/mol. The fourth-order valence-electron chi connectivity index (χ4n) is 4.22. The molecular weight excluding hydrogens is 552 g/mol. The Morgan fingerprint density at radius 1 is 0.878 bits per heavy atom. The summed E-state index contributed by atoms with van der Waals surface area (Å²) in [5, 5.41) is 2.81. The number of sulfonamides is 1. The van der Waals surface area contributed by atoms with Gasteiger partial charge in [0.05, 0.1) is 17.2 Å². The molecule has 11 heteroatoms. The standard InChI is InChI=1S/C30H35F2N3O5S/c1-5-28(30(37)33-21(3)4)34(19-22-7-9-23(31)10-8-22)29(36)20-35(25-13-11-24(32)12-14-25)41(38,39)27-17-15-26(16-18-27)40-6-2/h7-18,21,28H,5-6,19-20H2,1-4H3,(H,33,37)/t28-/m1/s1. The van der Waals surface area contributed by atoms with E-state index >= 15 is 0 Å². The molecule has 0 aliphatic rings. The first-order valence-electron chi connectivity index (χ1n) is 13.3. The fraction of sp³-hybridized carbons (Fsp3) is 0.333. The molecule has 0 saturated heterocycles. The van der Waals surface area contributed by atoms with Gasteiger partial charge in [-0.05, 0) is 93.4 Å². The monoisotopic (exact) mass is 587 g/mol. The van der Waals surface area contributed by atoms with Gasteiger partial charge in [-0.15, -0.1) is 0 Å². The van der Waals surface area contributed by atoms with Crippen molar-refractivity contribution in [2.45, 2.75) is 57.6 Å². The van der Waals surface area contributed by atoms with Crippen LogP contribution in [0.5, 0.6) is 5.75 Å². The number of nitrogens with one attached hydrogen (secondary N) is 1. The van der Waals surface area contributed by atoms with Crippen LogP contribution < -0.4 is 14.4 Å². The number of amides is 2. The van der Waals surface area contributed by atoms with E-state index in [1.54, 1.807) is 27.7 Å². The van der Waals surface area contributed by atoms with Crippen LogP contribution in [0, 0.1) is 11.6 Å². The molecule has 3 rings (SSSR count). The van der Waals surface area contributed by atoms with Gasteiger partial charge < -0.3 is 15.0 Å². The van der Waals surface area contributed by atoms with E-state index in [4.69, 9.17) is 4.74 Å². The van der Waals surface area contributed by atoms with Crippen molar-refractivity contribution in [2.24, 2.45) is 0 Å². The average Bonchev–Trinajstić information content (AvgIpc) is 2.93. The Balaban J connectivity index is 2.04. The highest BCUT2D eigenvalue weighted by Gasteiger charge is 2.34. The highest BCUT2D eigenvalue weighted by atomic mass is 32.2. The number of ether oxygens (including phenoxy) is 1. The Hall–Kier alpha value is -3.99. The molecule has 0 fully saturated rings. The molecular formula is C30H35F2N3O5S. The molecule has 0 spiro atoms. The van der Waals surface area contributed by atoms with Crippen LogP contribution >= 0.6 is 0 Å². The Labute approximate surface area is 240 Å². The zero-order chi connectivity index (χ0) is 30.2. The van der Waals surface area contributed by atoms with Crippen LogP contribution in [0.3, 0.4) is 0 Å². The fourth-order valence-corrected chi connectivity index (χ4v) is 5.64. The summed E-state index contributed by atoms with van der Waals surface area (Å²) >= 11 is 0. The second-order valence-corrected chi connectivity index (χ2v) is 11.5. The molecule has 0 heterocycles. The molecule has 0 bridgehead atoms. The third-order valence-corrected chi connectivity index (χ3v) is 7.99. The first-order chi connectivity index (χ1) is 19.5. The Kier molecular flexibility index (Phi) is 10.8. The zero-order valence-electron chi connectivity index (χ0n) is 23.5. The van der Waals surface area contributed by atoms with Crippen LogP contribution in [0.15, 0.2) is 77.7 Å². The lowest BCUT2D eigenvalue weighted by atomic mass is 10.1. The SMILES string of the molecule is CCOc1ccc(S(=O)(=O)N(CC(=O)N(Cc2ccc(F)cc2)[C@H](CC)C(=O)NC(C)C)c2ccc(F)cc2)cc1. The summed E-state index contributed by atoms with van der Waals surface area (Å²) in [7, 11) is -4.32. The third kappa shape index (κ3) is 8.26. The lowest BCUT2D eigenvalue weighted by molar-refractivity contribution is -0.140. The number of benzene rings is 3. The number of carbonyl (C=O) groups is 2. The number of nitrogens with zero attached hydrogens (tertiary/aromatic N) is 2. The van der Waals surface area contributed by atoms with Crippen LogP contribution in [-0.2, 0) is 26.2 Å². The summed E-state index contributed by atoms with van der Waals surface area (Å²) < 4.78 is 61.3. The van der Waals surface area contributed by atoms with E-state index in [1.165, 1.54) is 65.6 Å². The number of anilines is 1. The van der Waals surface area contributed by atoms with Gasteiger partial charge in [-0.1, -0.05) is 19.1 Å². The highest BCUT2D eigenvalue weighted by Crippen LogP contribution is 2.26. The maximum atomic E-state index is 13.9. The zero-order valence-corrected chi connectivity index (χ0v) is 24.3. The minimum Gasteiger partial charge on any atom is -0.494 e. The van der Waals surface area contributed by atoms with Gasteiger partial charge >= 0.3 is 0 Å². The van der Waals surface area contributed by atoms with Crippen LogP contribution in [0.2, 0.25) is 0 Å². The van der Waals surface area contributed by atoms with Gasteiger partial charge in [0.2, 0.25) is 11.8 Å². The molecule has 41 heavy (non-hydrogen) atoms. The van der Waals surface area contributed by atoms with Gasteiger partial charge in [0.15, 0.2) is 0 Å². The summed E-state index contributed by atoms with van der Waals surface area (Å²) in [6.45, 7) is 6.78. The van der Waals surface area contributed by atoms with E-state index < -0.39 is 46.1 Å². The Morgan fingerprint density at radius 2 is 1.44 bits per heavy atom. The second kappa shape index (κ2) is 14.1. The Bertz CT molecular complexity index is 1410. The molecule has 1 atom stereocenters. The van der Waals surface area contributed by atoms with Crippen molar-refractivity contribution in [1.82, 2.24) is 10.2 Å². The Morgan fingerprint density at radius 3 is 1.95 bits per heavy atom. The first kappa shape index (κ1) is 31.5. The van der Waals surface area contributed by atoms with E-state index in [-0.39, 0.29) is 29.6 Å². The van der Waals surface area contributed by atoms with Crippen molar-refractivity contribution in [3.8, 4) is 5.75 Å². The molecule has 1 N–H and O–H groups in total. The minimum absolute atomic E-state index is 0.0649. The van der Waals surface area contributed by atoms with Crippen LogP contribution in [0.1, 0.15) is 39.7 Å². The smallest absolute Gasteiger partial charge is 0.264 e. The highest BCUT2D eigenvalue weighted by molar-refractivity contribution is 7.92. The molecule has 2 amide bonds. The largest absolute Gasteiger partial charge is 0.494 e. The van der Waals surface area contributed by atoms with E-state index in [0.717, 1.165) is 16.4 Å². The van der Waals surface area contributed by atoms with Gasteiger partial charge in [-0.3, -0.25) is 13.9 Å². The van der Waals surface area contributed by atoms with Crippen LogP contribution in [0.4, 0.5) is 14.5 Å². The molecule has 3 aromatic rings. The van der Waals surface area contributed by atoms with Gasteiger partial charge in [0.1, 0.15) is 30.0 Å². The molecule has 3 aromatic carbocycles. The predicted octanol–water partition coefficient (Wildman–Crippen LogP) is 4.89. The quantitative estimate of drug-likeness (QED) is 0.307. The van der Waals surface area contributed by atoms with Crippen molar-refractivity contribution < 1.29 is 31.5 Å². The lowest BCUT2D eigenvalue weighted by Gasteiger charge is -2.33. The number of hydrogen-bond donors (Lipinski definition) is 1. The summed E-state index contributed by atoms with van der Waals surface area (Å²) in [6, 6.07) is 14.8. The summed E-state index contributed by atoms with van der Waals surface area (Å²) in [5.74, 6) is -1.63. The molecule has 0 radical (unpaired) electrons. The molecule has 0 saturated carbocycles. The van der Waals surface area contributed by atoms with Gasteiger partial charge in [0, 0.05) is 12.6 Å². The molecule has 8 nitrogen and oxygen atoms in total. The third-order valence-electron chi connectivity index (χ3n) is 6.20. The summed E-state index contributed by atoms with van der Waals surface area (Å²) in [4.78, 5) is 28.2. The van der Waals surface area contributed by atoms with E-state index in [0.29, 0.717) is 17.9 Å². The molecule has 0 aliphatic heterocycles. The summed E-state index contributed by atoms with van der Waals surface area (Å²) in [5.41, 5.74) is 0.619.